The summed E-state index contributed by atoms with van der Waals surface area (Å²) >= 11 is 0. The third kappa shape index (κ3) is 1.75. The number of anilines is 2. The summed E-state index contributed by atoms with van der Waals surface area (Å²) in [6.45, 7) is 0. The maximum Gasteiger partial charge on any atom is 0.263 e. The number of nitrogens with one attached hydrogen (secondary N) is 1. The molecule has 5 heteroatoms. The summed E-state index contributed by atoms with van der Waals surface area (Å²) in [6.07, 6.45) is 1.43. The Balaban J connectivity index is 2.27. The first kappa shape index (κ1) is 10.2. The lowest BCUT2D eigenvalue weighted by Crippen LogP contribution is -2.26. The van der Waals surface area contributed by atoms with Crippen molar-refractivity contribution < 1.29 is 4.79 Å². The predicted molar refractivity (Wildman–Crippen MR) is 62.2 cm³/mol. The highest BCUT2D eigenvalue weighted by Crippen LogP contribution is 2.16. The lowest BCUT2D eigenvalue weighted by molar-refractivity contribution is 0.0994. The fourth-order valence-electron chi connectivity index (χ4n) is 1.42. The number of carbonyl (C=O) groups excluding carboxylic acids is 1. The van der Waals surface area contributed by atoms with E-state index in [2.05, 4.69) is 10.2 Å². The Morgan fingerprint density at radius 2 is 2.06 bits per heavy atom. The van der Waals surface area contributed by atoms with Crippen molar-refractivity contribution in [1.82, 2.24) is 10.2 Å². The van der Waals surface area contributed by atoms with E-state index in [1.165, 1.54) is 11.1 Å². The standard InChI is InChI=1S/C11H12N4O/c1-15(8-5-3-2-4-6-8)11(16)9-7-13-14-10(9)12/h2-7H,1H3,(H3,12,13,14). The van der Waals surface area contributed by atoms with Gasteiger partial charge in [-0.05, 0) is 12.1 Å². The molecule has 0 fully saturated rings. The van der Waals surface area contributed by atoms with Crippen molar-refractivity contribution in [2.45, 2.75) is 0 Å². The summed E-state index contributed by atoms with van der Waals surface area (Å²) in [5.74, 6) is 0.102. The Labute approximate surface area is 92.9 Å². The van der Waals surface area contributed by atoms with Gasteiger partial charge in [0.15, 0.2) is 0 Å². The summed E-state index contributed by atoms with van der Waals surface area (Å²) in [4.78, 5) is 13.5. The number of rotatable bonds is 2. The number of carbonyl (C=O) groups is 1. The van der Waals surface area contributed by atoms with Crippen molar-refractivity contribution in [3.8, 4) is 0 Å². The van der Waals surface area contributed by atoms with Crippen molar-refractivity contribution in [2.24, 2.45) is 0 Å². The topological polar surface area (TPSA) is 75.0 Å². The van der Waals surface area contributed by atoms with Gasteiger partial charge in [0.1, 0.15) is 11.4 Å². The molecule has 5 nitrogen and oxygen atoms in total. The van der Waals surface area contributed by atoms with Gasteiger partial charge in [-0.3, -0.25) is 9.89 Å². The fraction of sp³-hybridized carbons (Fsp3) is 0.0909. The summed E-state index contributed by atoms with van der Waals surface area (Å²) in [5.41, 5.74) is 6.79. The largest absolute Gasteiger partial charge is 0.383 e. The predicted octanol–water partition coefficient (Wildman–Crippen LogP) is 1.27. The van der Waals surface area contributed by atoms with E-state index in [0.29, 0.717) is 5.56 Å². The molecule has 0 atom stereocenters. The van der Waals surface area contributed by atoms with Crippen molar-refractivity contribution in [2.75, 3.05) is 17.7 Å². The summed E-state index contributed by atoms with van der Waals surface area (Å²) in [6, 6.07) is 9.35. The molecule has 2 aromatic rings. The molecule has 1 amide bonds. The van der Waals surface area contributed by atoms with Crippen LogP contribution in [-0.2, 0) is 0 Å². The van der Waals surface area contributed by atoms with Gasteiger partial charge in [0.05, 0.1) is 6.20 Å². The average Bonchev–Trinajstić information content (AvgIpc) is 2.75. The third-order valence-electron chi connectivity index (χ3n) is 2.35. The second-order valence-electron chi connectivity index (χ2n) is 3.40. The number of nitrogens with zero attached hydrogens (tertiary/aromatic N) is 2. The first-order valence-electron chi connectivity index (χ1n) is 4.82. The number of amides is 1. The van der Waals surface area contributed by atoms with Gasteiger partial charge < -0.3 is 10.6 Å². The highest BCUT2D eigenvalue weighted by molar-refractivity contribution is 6.08. The molecule has 3 N–H and O–H groups in total. The van der Waals surface area contributed by atoms with E-state index < -0.39 is 0 Å². The Hall–Kier alpha value is -2.30. The quantitative estimate of drug-likeness (QED) is 0.793. The highest BCUT2D eigenvalue weighted by Gasteiger charge is 2.17. The molecule has 0 saturated heterocycles. The van der Waals surface area contributed by atoms with Crippen molar-refractivity contribution in [3.63, 3.8) is 0 Å². The van der Waals surface area contributed by atoms with Crippen LogP contribution in [0.1, 0.15) is 10.4 Å². The maximum absolute atomic E-state index is 12.0. The number of para-hydroxylation sites is 1. The van der Waals surface area contributed by atoms with E-state index in [-0.39, 0.29) is 11.7 Å². The average molecular weight is 216 g/mol. The van der Waals surface area contributed by atoms with E-state index in [1.807, 2.05) is 30.3 Å². The highest BCUT2D eigenvalue weighted by atomic mass is 16.2. The van der Waals surface area contributed by atoms with Gasteiger partial charge in [-0.1, -0.05) is 18.2 Å². The second-order valence-corrected chi connectivity index (χ2v) is 3.40. The molecule has 1 aromatic heterocycles. The van der Waals surface area contributed by atoms with Crippen LogP contribution in [0.2, 0.25) is 0 Å². The lowest BCUT2D eigenvalue weighted by Gasteiger charge is -2.16. The smallest absolute Gasteiger partial charge is 0.263 e. The molecular formula is C11H12N4O. The van der Waals surface area contributed by atoms with Crippen LogP contribution >= 0.6 is 0 Å². The zero-order valence-electron chi connectivity index (χ0n) is 8.84. The van der Waals surface area contributed by atoms with Crippen molar-refractivity contribution >= 4 is 17.4 Å². The van der Waals surface area contributed by atoms with E-state index >= 15 is 0 Å². The van der Waals surface area contributed by atoms with Crippen LogP contribution in [0.4, 0.5) is 11.5 Å². The molecule has 1 aromatic carbocycles. The molecule has 0 aliphatic rings. The van der Waals surface area contributed by atoms with Crippen LogP contribution in [0, 0.1) is 0 Å². The molecule has 0 radical (unpaired) electrons. The number of nitrogen functional groups attached to an aromatic ring is 1. The summed E-state index contributed by atoms with van der Waals surface area (Å²) in [5, 5.41) is 6.26. The first-order valence-corrected chi connectivity index (χ1v) is 4.82. The van der Waals surface area contributed by atoms with Crippen molar-refractivity contribution in [1.29, 1.82) is 0 Å². The van der Waals surface area contributed by atoms with Gasteiger partial charge in [0.25, 0.3) is 5.91 Å². The van der Waals surface area contributed by atoms with Gasteiger partial charge in [0.2, 0.25) is 0 Å². The van der Waals surface area contributed by atoms with Gasteiger partial charge in [-0.25, -0.2) is 0 Å². The normalized spacial score (nSPS) is 10.1. The monoisotopic (exact) mass is 216 g/mol. The number of H-pyrrole nitrogens is 1. The van der Waals surface area contributed by atoms with E-state index in [1.54, 1.807) is 7.05 Å². The Morgan fingerprint density at radius 3 is 2.62 bits per heavy atom. The van der Waals surface area contributed by atoms with E-state index in [9.17, 15) is 4.79 Å². The maximum atomic E-state index is 12.0. The lowest BCUT2D eigenvalue weighted by atomic mass is 10.2. The SMILES string of the molecule is CN(C(=O)c1cn[nH]c1N)c1ccccc1. The van der Waals surface area contributed by atoms with Crippen LogP contribution in [0.3, 0.4) is 0 Å². The number of hydrogen-bond donors (Lipinski definition) is 2. The van der Waals surface area contributed by atoms with Crippen molar-refractivity contribution in [3.05, 3.63) is 42.1 Å². The number of hydrogen-bond acceptors (Lipinski definition) is 3. The molecule has 82 valence electrons. The number of aromatic amines is 1. The molecular weight excluding hydrogens is 204 g/mol. The molecule has 0 unspecified atom stereocenters. The van der Waals surface area contributed by atoms with Gasteiger partial charge in [-0.2, -0.15) is 5.10 Å². The fourth-order valence-corrected chi connectivity index (χ4v) is 1.42. The van der Waals surface area contributed by atoms with Crippen LogP contribution in [-0.4, -0.2) is 23.2 Å². The first-order chi connectivity index (χ1) is 7.70. The number of nitrogens with two attached hydrogens (primary N) is 1. The second kappa shape index (κ2) is 4.06. The Bertz CT molecular complexity index is 492. The summed E-state index contributed by atoms with van der Waals surface area (Å²) in [7, 11) is 1.70. The number of aromatic nitrogens is 2. The van der Waals surface area contributed by atoms with Crippen LogP contribution < -0.4 is 10.6 Å². The van der Waals surface area contributed by atoms with Gasteiger partial charge >= 0.3 is 0 Å². The molecule has 16 heavy (non-hydrogen) atoms. The van der Waals surface area contributed by atoms with E-state index in [0.717, 1.165) is 5.69 Å². The van der Waals surface area contributed by atoms with Crippen LogP contribution in [0.15, 0.2) is 36.5 Å². The zero-order valence-corrected chi connectivity index (χ0v) is 8.84. The molecule has 1 heterocycles. The minimum Gasteiger partial charge on any atom is -0.383 e. The van der Waals surface area contributed by atoms with Crippen LogP contribution in [0.5, 0.6) is 0 Å². The molecule has 2 rings (SSSR count). The third-order valence-corrected chi connectivity index (χ3v) is 2.35. The van der Waals surface area contributed by atoms with E-state index in [4.69, 9.17) is 5.73 Å². The Morgan fingerprint density at radius 1 is 1.38 bits per heavy atom. The minimum atomic E-state index is -0.183. The Kier molecular flexibility index (Phi) is 2.59. The van der Waals surface area contributed by atoms with Gasteiger partial charge in [0, 0.05) is 12.7 Å². The molecule has 0 saturated carbocycles. The molecule has 0 bridgehead atoms. The number of benzene rings is 1. The summed E-state index contributed by atoms with van der Waals surface area (Å²) < 4.78 is 0. The molecule has 0 aliphatic carbocycles. The van der Waals surface area contributed by atoms with Gasteiger partial charge in [-0.15, -0.1) is 0 Å². The zero-order chi connectivity index (χ0) is 11.5. The molecule has 0 aliphatic heterocycles. The van der Waals surface area contributed by atoms with Crippen LogP contribution in [0.25, 0.3) is 0 Å². The molecule has 0 spiro atoms. The minimum absolute atomic E-state index is 0.183.